The van der Waals surface area contributed by atoms with E-state index in [9.17, 15) is 4.79 Å². The molecule has 1 aliphatic heterocycles. The molecule has 0 unspecified atom stereocenters. The maximum atomic E-state index is 12.6. The van der Waals surface area contributed by atoms with E-state index in [1.165, 1.54) is 10.6 Å². The molecule has 1 heterocycles. The lowest BCUT2D eigenvalue weighted by atomic mass is 10.0. The zero-order valence-electron chi connectivity index (χ0n) is 14.2. The van der Waals surface area contributed by atoms with Gasteiger partial charge in [0, 0.05) is 6.21 Å². The van der Waals surface area contributed by atoms with E-state index in [-0.39, 0.29) is 5.91 Å². The lowest BCUT2D eigenvalue weighted by Crippen LogP contribution is -2.27. The predicted octanol–water partition coefficient (Wildman–Crippen LogP) is 4.55. The van der Waals surface area contributed by atoms with Crippen LogP contribution in [0.1, 0.15) is 32.3 Å². The van der Waals surface area contributed by atoms with Crippen molar-refractivity contribution in [3.63, 3.8) is 0 Å². The number of amides is 1. The number of rotatable bonds is 4. The molecule has 0 saturated carbocycles. The molecule has 0 N–H and O–H groups in total. The average molecular weight is 319 g/mol. The number of carbonyl (C=O) groups is 1. The molecule has 0 bridgehead atoms. The minimum Gasteiger partial charge on any atom is -0.271 e. The Morgan fingerprint density at radius 1 is 1.08 bits per heavy atom. The van der Waals surface area contributed by atoms with Crippen molar-refractivity contribution in [2.75, 3.05) is 5.01 Å². The number of nitrogens with zero attached hydrogens (tertiary/aromatic N) is 3. The van der Waals surface area contributed by atoms with Gasteiger partial charge in [-0.05, 0) is 42.7 Å². The summed E-state index contributed by atoms with van der Waals surface area (Å²) in [5.41, 5.74) is 3.66. The van der Waals surface area contributed by atoms with Crippen molar-refractivity contribution in [2.45, 2.75) is 26.7 Å². The van der Waals surface area contributed by atoms with Gasteiger partial charge < -0.3 is 0 Å². The first kappa shape index (κ1) is 16.1. The van der Waals surface area contributed by atoms with E-state index < -0.39 is 5.92 Å². The van der Waals surface area contributed by atoms with Gasteiger partial charge >= 0.3 is 0 Å². The molecule has 4 heteroatoms. The van der Waals surface area contributed by atoms with Crippen LogP contribution in [0.2, 0.25) is 0 Å². The van der Waals surface area contributed by atoms with Crippen molar-refractivity contribution in [3.05, 3.63) is 60.2 Å². The van der Waals surface area contributed by atoms with Crippen LogP contribution in [0.15, 0.2) is 64.7 Å². The fraction of sp³-hybridized carbons (Fsp3) is 0.250. The second-order valence-electron chi connectivity index (χ2n) is 6.23. The van der Waals surface area contributed by atoms with Crippen LogP contribution in [0.3, 0.4) is 0 Å². The number of anilines is 1. The molecule has 0 saturated heterocycles. The second-order valence-corrected chi connectivity index (χ2v) is 6.23. The van der Waals surface area contributed by atoms with Gasteiger partial charge in [0.1, 0.15) is 5.92 Å². The second kappa shape index (κ2) is 6.79. The van der Waals surface area contributed by atoms with E-state index in [1.54, 1.807) is 6.21 Å². The predicted molar refractivity (Wildman–Crippen MR) is 99.2 cm³/mol. The molecule has 1 amide bonds. The number of aliphatic imine (C=N–C) groups is 1. The Labute approximate surface area is 142 Å². The molecule has 3 rings (SSSR count). The summed E-state index contributed by atoms with van der Waals surface area (Å²) in [6.07, 6.45) is 1.69. The summed E-state index contributed by atoms with van der Waals surface area (Å²) in [6.45, 7) is 6.18. The molecule has 24 heavy (non-hydrogen) atoms. The summed E-state index contributed by atoms with van der Waals surface area (Å²) in [5, 5.41) is 5.83. The molecule has 0 aliphatic carbocycles. The largest absolute Gasteiger partial charge is 0.271 e. The zero-order valence-corrected chi connectivity index (χ0v) is 14.2. The van der Waals surface area contributed by atoms with E-state index in [2.05, 4.69) is 36.1 Å². The minimum atomic E-state index is -0.407. The summed E-state index contributed by atoms with van der Waals surface area (Å²) in [5.74, 6) is 0.0180. The van der Waals surface area contributed by atoms with Gasteiger partial charge in [0.25, 0.3) is 5.91 Å². The lowest BCUT2D eigenvalue weighted by molar-refractivity contribution is -0.118. The SMILES string of the molecule is CC1=NN(c2ccccc2)C(=O)[C@H]1C=Nc1ccc(C(C)C)cc1. The van der Waals surface area contributed by atoms with Crippen LogP contribution in [0.4, 0.5) is 11.4 Å². The average Bonchev–Trinajstić information content (AvgIpc) is 2.88. The number of hydrogen-bond donors (Lipinski definition) is 0. The van der Waals surface area contributed by atoms with Crippen LogP contribution in [-0.2, 0) is 4.79 Å². The van der Waals surface area contributed by atoms with Crippen molar-refractivity contribution in [2.24, 2.45) is 16.0 Å². The molecule has 2 aromatic rings. The third-order valence-corrected chi connectivity index (χ3v) is 4.12. The van der Waals surface area contributed by atoms with E-state index >= 15 is 0 Å². The third kappa shape index (κ3) is 3.27. The third-order valence-electron chi connectivity index (χ3n) is 4.12. The van der Waals surface area contributed by atoms with Crippen molar-refractivity contribution in [1.82, 2.24) is 0 Å². The highest BCUT2D eigenvalue weighted by molar-refractivity contribution is 6.23. The maximum absolute atomic E-state index is 12.6. The summed E-state index contributed by atoms with van der Waals surface area (Å²) in [4.78, 5) is 17.1. The highest BCUT2D eigenvalue weighted by Crippen LogP contribution is 2.24. The fourth-order valence-corrected chi connectivity index (χ4v) is 2.61. The van der Waals surface area contributed by atoms with Crippen LogP contribution in [0.25, 0.3) is 0 Å². The number of hydrazone groups is 1. The minimum absolute atomic E-state index is 0.0683. The van der Waals surface area contributed by atoms with Gasteiger partial charge in [-0.3, -0.25) is 9.79 Å². The quantitative estimate of drug-likeness (QED) is 0.762. The van der Waals surface area contributed by atoms with Crippen molar-refractivity contribution < 1.29 is 4.79 Å². The molecule has 0 fully saturated rings. The molecule has 122 valence electrons. The molecule has 0 spiro atoms. The number of para-hydroxylation sites is 1. The Balaban J connectivity index is 1.76. The summed E-state index contributed by atoms with van der Waals surface area (Å²) in [6, 6.07) is 17.6. The normalized spacial score (nSPS) is 17.8. The highest BCUT2D eigenvalue weighted by atomic mass is 16.2. The molecule has 2 aromatic carbocycles. The first-order chi connectivity index (χ1) is 11.6. The Morgan fingerprint density at radius 3 is 2.38 bits per heavy atom. The van der Waals surface area contributed by atoms with Crippen LogP contribution in [0.5, 0.6) is 0 Å². The van der Waals surface area contributed by atoms with Crippen LogP contribution in [0, 0.1) is 5.92 Å². The zero-order chi connectivity index (χ0) is 17.1. The number of benzene rings is 2. The lowest BCUT2D eigenvalue weighted by Gasteiger charge is -2.12. The molecule has 4 nitrogen and oxygen atoms in total. The van der Waals surface area contributed by atoms with Gasteiger partial charge in [0.15, 0.2) is 0 Å². The van der Waals surface area contributed by atoms with Crippen LogP contribution >= 0.6 is 0 Å². The Bertz CT molecular complexity index is 776. The maximum Gasteiger partial charge on any atom is 0.261 e. The summed E-state index contributed by atoms with van der Waals surface area (Å²) >= 11 is 0. The molecular formula is C20H21N3O. The van der Waals surface area contributed by atoms with Crippen molar-refractivity contribution in [3.8, 4) is 0 Å². The van der Waals surface area contributed by atoms with Gasteiger partial charge in [-0.1, -0.05) is 44.2 Å². The Hall–Kier alpha value is -2.75. The Kier molecular flexibility index (Phi) is 4.56. The van der Waals surface area contributed by atoms with E-state index in [0.29, 0.717) is 5.92 Å². The standard InChI is InChI=1S/C20H21N3O/c1-14(2)16-9-11-17(12-10-16)21-13-19-15(3)22-23(20(19)24)18-7-5-4-6-8-18/h4-14,19H,1-3H3/t19-/m0/s1. The van der Waals surface area contributed by atoms with E-state index in [0.717, 1.165) is 17.1 Å². The molecular weight excluding hydrogens is 298 g/mol. The topological polar surface area (TPSA) is 45.0 Å². The van der Waals surface area contributed by atoms with Gasteiger partial charge in [-0.2, -0.15) is 10.1 Å². The monoisotopic (exact) mass is 319 g/mol. The van der Waals surface area contributed by atoms with Gasteiger partial charge in [0.2, 0.25) is 0 Å². The van der Waals surface area contributed by atoms with Crippen molar-refractivity contribution >= 4 is 29.2 Å². The van der Waals surface area contributed by atoms with E-state index in [1.807, 2.05) is 49.4 Å². The summed E-state index contributed by atoms with van der Waals surface area (Å²) in [7, 11) is 0. The van der Waals surface area contributed by atoms with Crippen LogP contribution < -0.4 is 5.01 Å². The fourth-order valence-electron chi connectivity index (χ4n) is 2.61. The number of hydrogen-bond acceptors (Lipinski definition) is 3. The smallest absolute Gasteiger partial charge is 0.261 e. The Morgan fingerprint density at radius 2 is 1.75 bits per heavy atom. The van der Waals surface area contributed by atoms with Gasteiger partial charge in [-0.15, -0.1) is 0 Å². The molecule has 0 aromatic heterocycles. The summed E-state index contributed by atoms with van der Waals surface area (Å²) < 4.78 is 0. The first-order valence-electron chi connectivity index (χ1n) is 8.14. The van der Waals surface area contributed by atoms with Crippen LogP contribution in [-0.4, -0.2) is 17.8 Å². The molecule has 1 atom stereocenters. The highest BCUT2D eigenvalue weighted by Gasteiger charge is 2.33. The van der Waals surface area contributed by atoms with Gasteiger partial charge in [0.05, 0.1) is 17.1 Å². The van der Waals surface area contributed by atoms with Gasteiger partial charge in [-0.25, -0.2) is 0 Å². The molecule has 1 aliphatic rings. The first-order valence-corrected chi connectivity index (χ1v) is 8.14. The van der Waals surface area contributed by atoms with E-state index in [4.69, 9.17) is 0 Å². The van der Waals surface area contributed by atoms with Crippen molar-refractivity contribution in [1.29, 1.82) is 0 Å². The number of carbonyl (C=O) groups excluding carboxylic acids is 1. The molecule has 0 radical (unpaired) electrons.